The van der Waals surface area contributed by atoms with Crippen LogP contribution in [0.4, 0.5) is 0 Å². The molecule has 0 N–H and O–H groups in total. The summed E-state index contributed by atoms with van der Waals surface area (Å²) in [6, 6.07) is 13.9. The van der Waals surface area contributed by atoms with Crippen LogP contribution in [0.1, 0.15) is 73.4 Å². The van der Waals surface area contributed by atoms with Crippen LogP contribution in [0.3, 0.4) is 0 Å². The van der Waals surface area contributed by atoms with Gasteiger partial charge in [-0.2, -0.15) is 0 Å². The Hall–Kier alpha value is -1.51. The zero-order chi connectivity index (χ0) is 18.5. The molecule has 0 spiro atoms. The number of ketones is 1. The number of Topliss-reactive ketones (excluding diaryl/α,β-unsaturated/α-hetero) is 1. The lowest BCUT2D eigenvalue weighted by atomic mass is 9.89. The summed E-state index contributed by atoms with van der Waals surface area (Å²) in [5.41, 5.74) is 3.17. The monoisotopic (exact) mass is 384 g/mol. The first-order valence-corrected chi connectivity index (χ1v) is 10.7. The Morgan fingerprint density at radius 3 is 2.65 bits per heavy atom. The van der Waals surface area contributed by atoms with E-state index in [0.717, 1.165) is 27.3 Å². The largest absolute Gasteiger partial charge is 0.288 e. The first kappa shape index (κ1) is 19.3. The van der Waals surface area contributed by atoms with Gasteiger partial charge in [0.25, 0.3) is 0 Å². The minimum Gasteiger partial charge on any atom is -0.288 e. The van der Waals surface area contributed by atoms with Crippen molar-refractivity contribution in [1.82, 2.24) is 0 Å². The van der Waals surface area contributed by atoms with Crippen LogP contribution in [-0.4, -0.2) is 5.78 Å². The van der Waals surface area contributed by atoms with Crippen molar-refractivity contribution in [3.05, 3.63) is 69.1 Å². The minimum atomic E-state index is 0.134. The molecule has 1 aliphatic rings. The lowest BCUT2D eigenvalue weighted by Crippen LogP contribution is -2.01. The van der Waals surface area contributed by atoms with E-state index in [9.17, 15) is 4.79 Å². The van der Waals surface area contributed by atoms with Crippen LogP contribution in [-0.2, 0) is 0 Å². The summed E-state index contributed by atoms with van der Waals surface area (Å²) in [5.74, 6) is 0.664. The average Bonchev–Trinajstić information content (AvgIpc) is 2.95. The van der Waals surface area contributed by atoms with Crippen molar-refractivity contribution in [3.63, 3.8) is 0 Å². The van der Waals surface area contributed by atoms with Crippen molar-refractivity contribution in [2.24, 2.45) is 0 Å². The molecule has 0 radical (unpaired) electrons. The van der Waals surface area contributed by atoms with E-state index in [0.29, 0.717) is 10.9 Å². The number of allylic oxidation sites excluding steroid dienone is 1. The van der Waals surface area contributed by atoms with Crippen LogP contribution in [0.2, 0.25) is 5.02 Å². The Morgan fingerprint density at radius 2 is 1.92 bits per heavy atom. The number of unbranched alkanes of at least 4 members (excludes halogenated alkanes) is 2. The highest BCUT2D eigenvalue weighted by molar-refractivity contribution is 8.05. The summed E-state index contributed by atoms with van der Waals surface area (Å²) in [6.07, 6.45) is 8.04. The topological polar surface area (TPSA) is 17.1 Å². The van der Waals surface area contributed by atoms with Gasteiger partial charge in [-0.1, -0.05) is 80.7 Å². The predicted octanol–water partition coefficient (Wildman–Crippen LogP) is 7.74. The third-order valence-electron chi connectivity index (χ3n) is 4.96. The van der Waals surface area contributed by atoms with Gasteiger partial charge in [-0.3, -0.25) is 4.79 Å². The van der Waals surface area contributed by atoms with Gasteiger partial charge in [-0.05, 0) is 54.2 Å². The lowest BCUT2D eigenvalue weighted by molar-refractivity contribution is 0.104. The van der Waals surface area contributed by atoms with E-state index in [-0.39, 0.29) is 5.78 Å². The van der Waals surface area contributed by atoms with Gasteiger partial charge in [0.15, 0.2) is 0 Å². The Balaban J connectivity index is 1.89. The summed E-state index contributed by atoms with van der Waals surface area (Å²) < 4.78 is 0. The normalized spacial score (nSPS) is 16.1. The molecule has 1 nitrogen and oxygen atoms in total. The van der Waals surface area contributed by atoms with Gasteiger partial charge in [0, 0.05) is 15.5 Å². The maximum Gasteiger partial charge on any atom is 0.200 e. The third-order valence-corrected chi connectivity index (χ3v) is 6.38. The molecule has 0 fully saturated rings. The molecule has 2 aromatic carbocycles. The summed E-state index contributed by atoms with van der Waals surface area (Å²) in [6.45, 7) is 4.49. The highest BCUT2D eigenvalue weighted by Gasteiger charge is 2.29. The number of hydrogen-bond donors (Lipinski definition) is 0. The number of thioether (sulfide) groups is 1. The number of fused-ring (bicyclic) bond motifs is 1. The average molecular weight is 385 g/mol. The molecule has 1 atom stereocenters. The van der Waals surface area contributed by atoms with E-state index in [4.69, 9.17) is 11.6 Å². The van der Waals surface area contributed by atoms with Crippen molar-refractivity contribution in [2.75, 3.05) is 0 Å². The van der Waals surface area contributed by atoms with Gasteiger partial charge >= 0.3 is 0 Å². The molecule has 0 bridgehead atoms. The molecule has 26 heavy (non-hydrogen) atoms. The fraction of sp³-hybridized carbons (Fsp3) is 0.348. The molecule has 0 aliphatic carbocycles. The van der Waals surface area contributed by atoms with Gasteiger partial charge in [0.05, 0.1) is 4.91 Å². The van der Waals surface area contributed by atoms with E-state index in [2.05, 4.69) is 19.9 Å². The summed E-state index contributed by atoms with van der Waals surface area (Å²) in [4.78, 5) is 14.8. The number of carbonyl (C=O) groups is 1. The second kappa shape index (κ2) is 8.92. The molecule has 136 valence electrons. The SMILES string of the molecule is CCCCCC(CC)c1cccc2c1SC(=Cc1cccc(Cl)c1)C2=O. The second-order valence-electron chi connectivity index (χ2n) is 6.82. The van der Waals surface area contributed by atoms with Gasteiger partial charge in [-0.25, -0.2) is 0 Å². The van der Waals surface area contributed by atoms with E-state index in [1.807, 2.05) is 42.5 Å². The number of halogens is 1. The first-order chi connectivity index (χ1) is 12.6. The molecule has 1 heterocycles. The number of carbonyl (C=O) groups excluding carboxylic acids is 1. The van der Waals surface area contributed by atoms with Crippen molar-refractivity contribution in [1.29, 1.82) is 0 Å². The van der Waals surface area contributed by atoms with Gasteiger partial charge in [-0.15, -0.1) is 0 Å². The molecule has 0 aromatic heterocycles. The number of rotatable bonds is 7. The zero-order valence-corrected chi connectivity index (χ0v) is 17.0. The number of benzene rings is 2. The molecule has 1 unspecified atom stereocenters. The van der Waals surface area contributed by atoms with Crippen molar-refractivity contribution in [2.45, 2.75) is 56.8 Å². The minimum absolute atomic E-state index is 0.134. The Labute approximate surface area is 165 Å². The maximum absolute atomic E-state index is 12.9. The Morgan fingerprint density at radius 1 is 1.12 bits per heavy atom. The highest BCUT2D eigenvalue weighted by Crippen LogP contribution is 2.46. The summed E-state index contributed by atoms with van der Waals surface area (Å²) >= 11 is 7.70. The fourth-order valence-electron chi connectivity index (χ4n) is 3.52. The molecular formula is C23H25ClOS. The Bertz CT molecular complexity index is 825. The molecule has 0 amide bonds. The predicted molar refractivity (Wildman–Crippen MR) is 113 cm³/mol. The first-order valence-electron chi connectivity index (χ1n) is 9.46. The summed E-state index contributed by atoms with van der Waals surface area (Å²) in [5, 5.41) is 0.690. The van der Waals surface area contributed by atoms with E-state index >= 15 is 0 Å². The molecule has 3 heteroatoms. The van der Waals surface area contributed by atoms with Crippen LogP contribution >= 0.6 is 23.4 Å². The number of hydrogen-bond acceptors (Lipinski definition) is 2. The van der Waals surface area contributed by atoms with Crippen LogP contribution in [0.5, 0.6) is 0 Å². The van der Waals surface area contributed by atoms with E-state index in [1.54, 1.807) is 11.8 Å². The zero-order valence-electron chi connectivity index (χ0n) is 15.4. The quantitative estimate of drug-likeness (QED) is 0.358. The standard InChI is InChI=1S/C23H25ClOS/c1-3-5-6-10-17(4-2)19-12-8-13-20-22(25)21(26-23(19)20)15-16-9-7-11-18(24)14-16/h7-9,11-15,17H,3-6,10H2,1-2H3. The van der Waals surface area contributed by atoms with Crippen molar-refractivity contribution in [3.8, 4) is 0 Å². The van der Waals surface area contributed by atoms with Crippen LogP contribution in [0, 0.1) is 0 Å². The molecule has 3 rings (SSSR count). The fourth-order valence-corrected chi connectivity index (χ4v) is 4.96. The van der Waals surface area contributed by atoms with E-state index in [1.165, 1.54) is 31.2 Å². The van der Waals surface area contributed by atoms with E-state index < -0.39 is 0 Å². The molecule has 2 aromatic rings. The van der Waals surface area contributed by atoms with Gasteiger partial charge < -0.3 is 0 Å². The van der Waals surface area contributed by atoms with Crippen molar-refractivity contribution < 1.29 is 4.79 Å². The molecular weight excluding hydrogens is 360 g/mol. The second-order valence-corrected chi connectivity index (χ2v) is 8.31. The summed E-state index contributed by atoms with van der Waals surface area (Å²) in [7, 11) is 0. The van der Waals surface area contributed by atoms with Crippen LogP contribution in [0.25, 0.3) is 6.08 Å². The van der Waals surface area contributed by atoms with Crippen molar-refractivity contribution >= 4 is 35.2 Å². The maximum atomic E-state index is 12.9. The molecule has 0 saturated heterocycles. The molecule has 1 aliphatic heterocycles. The smallest absolute Gasteiger partial charge is 0.200 e. The molecule has 0 saturated carbocycles. The van der Waals surface area contributed by atoms with Gasteiger partial charge in [0.2, 0.25) is 5.78 Å². The third kappa shape index (κ3) is 4.24. The highest BCUT2D eigenvalue weighted by atomic mass is 35.5. The van der Waals surface area contributed by atoms with Crippen LogP contribution < -0.4 is 0 Å². The Kier molecular flexibility index (Phi) is 6.61. The lowest BCUT2D eigenvalue weighted by Gasteiger charge is -2.18. The van der Waals surface area contributed by atoms with Gasteiger partial charge in [0.1, 0.15) is 0 Å². The van der Waals surface area contributed by atoms with Crippen LogP contribution in [0.15, 0.2) is 52.3 Å².